The molecule has 0 spiro atoms. The highest BCUT2D eigenvalue weighted by molar-refractivity contribution is 6.31. The first kappa shape index (κ1) is 18.4. The number of rotatable bonds is 4. The molecule has 0 amide bonds. The van der Waals surface area contributed by atoms with Gasteiger partial charge in [-0.25, -0.2) is 0 Å². The lowest BCUT2D eigenvalue weighted by Gasteiger charge is -2.15. The Labute approximate surface area is 159 Å². The summed E-state index contributed by atoms with van der Waals surface area (Å²) < 4.78 is 1.00. The molecule has 1 aromatic carbocycles. The Morgan fingerprint density at radius 2 is 2.11 bits per heavy atom. The van der Waals surface area contributed by atoms with Crippen molar-refractivity contribution in [2.75, 3.05) is 0 Å². The lowest BCUT2D eigenvalue weighted by Crippen LogP contribution is -2.27. The van der Waals surface area contributed by atoms with Gasteiger partial charge in [0.25, 0.3) is 5.56 Å². The van der Waals surface area contributed by atoms with Crippen LogP contribution in [0.1, 0.15) is 32.6 Å². The molecular weight excluding hydrogens is 366 g/mol. The minimum absolute atomic E-state index is 0.0245. The summed E-state index contributed by atoms with van der Waals surface area (Å²) in [5.74, 6) is -1.02. The van der Waals surface area contributed by atoms with E-state index in [0.29, 0.717) is 10.6 Å². The molecule has 0 bridgehead atoms. The molecular formula is C20H14ClN3O3. The molecule has 0 aliphatic carbocycles. The number of halogens is 1. The van der Waals surface area contributed by atoms with Crippen LogP contribution in [-0.2, 0) is 6.54 Å². The fraction of sp³-hybridized carbons (Fsp3) is 0.100. The van der Waals surface area contributed by atoms with Crippen LogP contribution in [0, 0.1) is 18.3 Å². The summed E-state index contributed by atoms with van der Waals surface area (Å²) in [5.41, 5.74) is 0.0611. The van der Waals surface area contributed by atoms with E-state index in [2.05, 4.69) is 4.98 Å². The average Bonchev–Trinajstić information content (AvgIpc) is 2.66. The van der Waals surface area contributed by atoms with Crippen molar-refractivity contribution in [3.63, 3.8) is 0 Å². The van der Waals surface area contributed by atoms with E-state index in [-0.39, 0.29) is 28.8 Å². The molecule has 2 heterocycles. The minimum atomic E-state index is -0.668. The molecule has 6 nitrogen and oxygen atoms in total. The van der Waals surface area contributed by atoms with Crippen molar-refractivity contribution < 1.29 is 9.90 Å². The lowest BCUT2D eigenvalue weighted by atomic mass is 9.97. The Kier molecular flexibility index (Phi) is 5.06. The molecule has 0 saturated carbocycles. The Balaban J connectivity index is 2.22. The number of nitrogens with zero attached hydrogens (tertiary/aromatic N) is 3. The van der Waals surface area contributed by atoms with Gasteiger partial charge in [0.15, 0.2) is 5.78 Å². The predicted molar refractivity (Wildman–Crippen MR) is 100 cm³/mol. The van der Waals surface area contributed by atoms with Gasteiger partial charge in [-0.05, 0) is 36.2 Å². The Bertz CT molecular complexity index is 1130. The number of carbonyl (C=O) groups excluding carboxylic acids is 1. The maximum Gasteiger partial charge on any atom is 0.271 e. The fourth-order valence-corrected chi connectivity index (χ4v) is 3.01. The van der Waals surface area contributed by atoms with Gasteiger partial charge in [-0.15, -0.1) is 0 Å². The lowest BCUT2D eigenvalue weighted by molar-refractivity contribution is 0.103. The van der Waals surface area contributed by atoms with E-state index >= 15 is 0 Å². The first-order valence-electron chi connectivity index (χ1n) is 7.99. The van der Waals surface area contributed by atoms with Gasteiger partial charge in [-0.3, -0.25) is 19.1 Å². The Morgan fingerprint density at radius 1 is 1.33 bits per heavy atom. The van der Waals surface area contributed by atoms with Crippen LogP contribution in [-0.4, -0.2) is 20.4 Å². The molecule has 1 N–H and O–H groups in total. The summed E-state index contributed by atoms with van der Waals surface area (Å²) in [4.78, 5) is 29.6. The molecule has 2 aromatic heterocycles. The van der Waals surface area contributed by atoms with Gasteiger partial charge in [-0.2, -0.15) is 5.26 Å². The molecule has 7 heteroatoms. The third-order valence-electron chi connectivity index (χ3n) is 4.18. The third kappa shape index (κ3) is 3.46. The maximum absolute atomic E-state index is 13.0. The standard InChI is InChI=1S/C20H14ClN3O3/c1-12-16(9-22)19(26)24(11-13-4-3-7-23-10-13)20(27)17(12)18(25)14-5-2-6-15(21)8-14/h2-8,10,27H,11H2,1H3. The maximum atomic E-state index is 13.0. The molecule has 0 aliphatic heterocycles. The van der Waals surface area contributed by atoms with E-state index in [1.807, 2.05) is 6.07 Å². The number of benzene rings is 1. The van der Waals surface area contributed by atoms with Crippen molar-refractivity contribution >= 4 is 17.4 Å². The third-order valence-corrected chi connectivity index (χ3v) is 4.41. The van der Waals surface area contributed by atoms with Gasteiger partial charge in [0, 0.05) is 23.0 Å². The van der Waals surface area contributed by atoms with E-state index in [9.17, 15) is 20.0 Å². The van der Waals surface area contributed by atoms with Crippen molar-refractivity contribution in [2.45, 2.75) is 13.5 Å². The highest BCUT2D eigenvalue weighted by atomic mass is 35.5. The Hall–Kier alpha value is -3.43. The normalized spacial score (nSPS) is 10.4. The quantitative estimate of drug-likeness (QED) is 0.703. The van der Waals surface area contributed by atoms with Gasteiger partial charge < -0.3 is 5.11 Å². The second-order valence-corrected chi connectivity index (χ2v) is 6.34. The summed E-state index contributed by atoms with van der Waals surface area (Å²) in [5, 5.41) is 20.5. The number of aromatic nitrogens is 2. The monoisotopic (exact) mass is 379 g/mol. The predicted octanol–water partition coefficient (Wildman–Crippen LogP) is 3.06. The molecule has 0 radical (unpaired) electrons. The second kappa shape index (κ2) is 7.44. The van der Waals surface area contributed by atoms with Crippen LogP contribution >= 0.6 is 11.6 Å². The van der Waals surface area contributed by atoms with E-state index in [1.54, 1.807) is 36.5 Å². The van der Waals surface area contributed by atoms with Crippen molar-refractivity contribution in [1.29, 1.82) is 5.26 Å². The van der Waals surface area contributed by atoms with Gasteiger partial charge in [0.2, 0.25) is 5.88 Å². The van der Waals surface area contributed by atoms with E-state index in [0.717, 1.165) is 4.57 Å². The van der Waals surface area contributed by atoms with Gasteiger partial charge in [0.05, 0.1) is 12.1 Å². The molecule has 27 heavy (non-hydrogen) atoms. The summed E-state index contributed by atoms with van der Waals surface area (Å²) in [6.07, 6.45) is 3.12. The zero-order valence-corrected chi connectivity index (χ0v) is 15.1. The SMILES string of the molecule is Cc1c(C(=O)c2cccc(Cl)c2)c(O)n(Cc2cccnc2)c(=O)c1C#N. The van der Waals surface area contributed by atoms with Crippen molar-refractivity contribution in [1.82, 2.24) is 9.55 Å². The largest absolute Gasteiger partial charge is 0.494 e. The number of pyridine rings is 2. The van der Waals surface area contributed by atoms with E-state index in [1.165, 1.54) is 19.2 Å². The van der Waals surface area contributed by atoms with Crippen LogP contribution in [0.3, 0.4) is 0 Å². The summed E-state index contributed by atoms with van der Waals surface area (Å²) in [6, 6.07) is 11.5. The summed E-state index contributed by atoms with van der Waals surface area (Å²) in [7, 11) is 0. The number of aromatic hydroxyl groups is 1. The van der Waals surface area contributed by atoms with Crippen LogP contribution in [0.15, 0.2) is 53.6 Å². The molecule has 0 fully saturated rings. The Morgan fingerprint density at radius 3 is 2.74 bits per heavy atom. The smallest absolute Gasteiger partial charge is 0.271 e. The molecule has 0 unspecified atom stereocenters. The number of hydrogen-bond acceptors (Lipinski definition) is 5. The number of hydrogen-bond donors (Lipinski definition) is 1. The number of carbonyl (C=O) groups is 1. The zero-order chi connectivity index (χ0) is 19.6. The zero-order valence-electron chi connectivity index (χ0n) is 14.3. The van der Waals surface area contributed by atoms with E-state index in [4.69, 9.17) is 11.6 Å². The minimum Gasteiger partial charge on any atom is -0.494 e. The van der Waals surface area contributed by atoms with E-state index < -0.39 is 17.2 Å². The van der Waals surface area contributed by atoms with Crippen molar-refractivity contribution in [2.24, 2.45) is 0 Å². The first-order valence-corrected chi connectivity index (χ1v) is 8.37. The van der Waals surface area contributed by atoms with Crippen LogP contribution in [0.5, 0.6) is 5.88 Å². The van der Waals surface area contributed by atoms with Gasteiger partial charge in [0.1, 0.15) is 11.6 Å². The van der Waals surface area contributed by atoms with Gasteiger partial charge >= 0.3 is 0 Å². The van der Waals surface area contributed by atoms with Gasteiger partial charge in [-0.1, -0.05) is 29.8 Å². The average molecular weight is 380 g/mol. The first-order chi connectivity index (χ1) is 12.9. The van der Waals surface area contributed by atoms with Crippen LogP contribution in [0.25, 0.3) is 0 Å². The second-order valence-electron chi connectivity index (χ2n) is 5.90. The number of ketones is 1. The summed E-state index contributed by atoms with van der Waals surface area (Å²) in [6.45, 7) is 1.44. The van der Waals surface area contributed by atoms with Crippen molar-refractivity contribution in [3.8, 4) is 11.9 Å². The molecule has 0 aliphatic rings. The molecule has 134 valence electrons. The van der Waals surface area contributed by atoms with Crippen molar-refractivity contribution in [3.05, 3.63) is 92.0 Å². The number of nitriles is 1. The fourth-order valence-electron chi connectivity index (χ4n) is 2.82. The highest BCUT2D eigenvalue weighted by Gasteiger charge is 2.25. The highest BCUT2D eigenvalue weighted by Crippen LogP contribution is 2.26. The topological polar surface area (TPSA) is 96.0 Å². The molecule has 0 saturated heterocycles. The molecule has 3 aromatic rings. The van der Waals surface area contributed by atoms with Crippen LogP contribution in [0.2, 0.25) is 5.02 Å². The molecule has 3 rings (SSSR count). The summed E-state index contributed by atoms with van der Waals surface area (Å²) >= 11 is 5.95. The molecule has 0 atom stereocenters. The van der Waals surface area contributed by atoms with Crippen LogP contribution < -0.4 is 5.56 Å². The van der Waals surface area contributed by atoms with Crippen LogP contribution in [0.4, 0.5) is 0 Å².